The lowest BCUT2D eigenvalue weighted by molar-refractivity contribution is -0.113. The molecule has 1 saturated heterocycles. The molecule has 1 saturated carbocycles. The molecule has 11 heteroatoms. The summed E-state index contributed by atoms with van der Waals surface area (Å²) in [6.45, 7) is 3.92. The van der Waals surface area contributed by atoms with Crippen LogP contribution in [0.15, 0.2) is 9.64 Å². The predicted molar refractivity (Wildman–Crippen MR) is 120 cm³/mol. The molecule has 4 rings (SSSR count). The van der Waals surface area contributed by atoms with E-state index in [1.54, 1.807) is 0 Å². The summed E-state index contributed by atoms with van der Waals surface area (Å²) in [5, 5.41) is 20.8. The zero-order chi connectivity index (χ0) is 22.9. The van der Waals surface area contributed by atoms with E-state index in [2.05, 4.69) is 26.2 Å². The fourth-order valence-corrected chi connectivity index (χ4v) is 6.91. The Labute approximate surface area is 191 Å². The molecule has 1 unspecified atom stereocenters. The number of thioether (sulfide) groups is 1. The third-order valence-corrected chi connectivity index (χ3v) is 8.98. The Morgan fingerprint density at radius 2 is 2.00 bits per heavy atom. The molecule has 2 aliphatic rings. The predicted octanol–water partition coefficient (Wildman–Crippen LogP) is 3.50. The Kier molecular flexibility index (Phi) is 6.62. The molecule has 1 aliphatic heterocycles. The van der Waals surface area contributed by atoms with Gasteiger partial charge in [0.25, 0.3) is 5.22 Å². The molecule has 172 valence electrons. The Balaban J connectivity index is 1.44. The molecule has 1 aliphatic carbocycles. The zero-order valence-electron chi connectivity index (χ0n) is 18.3. The van der Waals surface area contributed by atoms with E-state index in [1.807, 2.05) is 13.8 Å². The molecule has 0 spiro atoms. The second-order valence-electron chi connectivity index (χ2n) is 8.55. The lowest BCUT2D eigenvalue weighted by atomic mass is 9.95. The van der Waals surface area contributed by atoms with Crippen LogP contribution in [0.2, 0.25) is 0 Å². The Bertz CT molecular complexity index is 1160. The van der Waals surface area contributed by atoms with Crippen LogP contribution in [0.3, 0.4) is 0 Å². The minimum atomic E-state index is -3.04. The molecule has 0 aromatic carbocycles. The van der Waals surface area contributed by atoms with Gasteiger partial charge in [-0.05, 0) is 38.7 Å². The third-order valence-electron chi connectivity index (χ3n) is 6.40. The molecule has 2 fully saturated rings. The fourth-order valence-electron chi connectivity index (χ4n) is 4.61. The van der Waals surface area contributed by atoms with Crippen LogP contribution in [-0.4, -0.2) is 46.3 Å². The van der Waals surface area contributed by atoms with Gasteiger partial charge in [-0.3, -0.25) is 4.79 Å². The quantitative estimate of drug-likeness (QED) is 0.626. The number of carbonyl (C=O) groups excluding carboxylic acids is 1. The van der Waals surface area contributed by atoms with Gasteiger partial charge in [0.05, 0.1) is 28.7 Å². The van der Waals surface area contributed by atoms with E-state index in [4.69, 9.17) is 4.42 Å². The van der Waals surface area contributed by atoms with Gasteiger partial charge in [-0.15, -0.1) is 10.2 Å². The lowest BCUT2D eigenvalue weighted by Crippen LogP contribution is -2.21. The maximum absolute atomic E-state index is 12.7. The molecular weight excluding hydrogens is 450 g/mol. The number of anilines is 1. The van der Waals surface area contributed by atoms with Crippen molar-refractivity contribution in [1.82, 2.24) is 14.8 Å². The molecule has 0 radical (unpaired) electrons. The number of sulfone groups is 1. The molecular formula is C21H27N5O4S2. The average Bonchev–Trinajstić information content (AvgIpc) is 3.44. The number of aromatic nitrogens is 3. The van der Waals surface area contributed by atoms with E-state index in [0.29, 0.717) is 23.7 Å². The molecule has 0 bridgehead atoms. The smallest absolute Gasteiger partial charge is 0.277 e. The first-order valence-corrected chi connectivity index (χ1v) is 13.7. The summed E-state index contributed by atoms with van der Waals surface area (Å²) in [6.07, 6.45) is 6.07. The number of hydrogen-bond donors (Lipinski definition) is 1. The summed E-state index contributed by atoms with van der Waals surface area (Å²) in [6, 6.07) is 2.54. The van der Waals surface area contributed by atoms with Crippen LogP contribution in [0.1, 0.15) is 73.2 Å². The standard InChI is InChI=1S/C21H27N5O4S2/c1-13-14(2)26(16-6-4-3-5-7-16)19(17(13)10-22)23-18(27)11-31-21-25-24-20(30-21)15-8-9-32(28,29)12-15/h15-16H,3-9,11-12H2,1-2H3,(H,23,27). The highest BCUT2D eigenvalue weighted by atomic mass is 32.2. The fraction of sp³-hybridized carbons (Fsp3) is 0.619. The first-order chi connectivity index (χ1) is 15.3. The number of rotatable bonds is 6. The highest BCUT2D eigenvalue weighted by Crippen LogP contribution is 2.37. The van der Waals surface area contributed by atoms with Crippen LogP contribution < -0.4 is 5.32 Å². The van der Waals surface area contributed by atoms with Crippen molar-refractivity contribution in [2.24, 2.45) is 0 Å². The van der Waals surface area contributed by atoms with Gasteiger partial charge in [-0.1, -0.05) is 31.0 Å². The molecule has 1 atom stereocenters. The number of nitrogens with one attached hydrogen (secondary N) is 1. The molecule has 2 aromatic heterocycles. The SMILES string of the molecule is Cc1c(C#N)c(NC(=O)CSc2nnc(C3CCS(=O)(=O)C3)o2)n(C2CCCCC2)c1C. The number of nitriles is 1. The molecule has 9 nitrogen and oxygen atoms in total. The van der Waals surface area contributed by atoms with Crippen molar-refractivity contribution in [2.45, 2.75) is 69.6 Å². The van der Waals surface area contributed by atoms with Gasteiger partial charge in [0.15, 0.2) is 9.84 Å². The maximum Gasteiger partial charge on any atom is 0.277 e. The van der Waals surface area contributed by atoms with Crippen LogP contribution in [0.25, 0.3) is 0 Å². The van der Waals surface area contributed by atoms with Crippen molar-refractivity contribution < 1.29 is 17.6 Å². The monoisotopic (exact) mass is 477 g/mol. The summed E-state index contributed by atoms with van der Waals surface area (Å²) in [5.41, 5.74) is 2.42. The average molecular weight is 478 g/mol. The largest absolute Gasteiger partial charge is 0.416 e. The summed E-state index contributed by atoms with van der Waals surface area (Å²) in [7, 11) is -3.04. The molecule has 1 N–H and O–H groups in total. The second kappa shape index (κ2) is 9.27. The molecule has 1 amide bonds. The van der Waals surface area contributed by atoms with Gasteiger partial charge in [0.1, 0.15) is 11.9 Å². The Morgan fingerprint density at radius 3 is 2.66 bits per heavy atom. The first-order valence-electron chi connectivity index (χ1n) is 10.9. The van der Waals surface area contributed by atoms with Gasteiger partial charge >= 0.3 is 0 Å². The van der Waals surface area contributed by atoms with Crippen LogP contribution in [-0.2, 0) is 14.6 Å². The van der Waals surface area contributed by atoms with Gasteiger partial charge < -0.3 is 14.3 Å². The van der Waals surface area contributed by atoms with Crippen LogP contribution in [0.4, 0.5) is 5.82 Å². The summed E-state index contributed by atoms with van der Waals surface area (Å²) in [5.74, 6) is 0.534. The number of nitrogens with zero attached hydrogens (tertiary/aromatic N) is 4. The van der Waals surface area contributed by atoms with E-state index in [0.717, 1.165) is 48.7 Å². The van der Waals surface area contributed by atoms with Gasteiger partial charge in [0, 0.05) is 11.7 Å². The lowest BCUT2D eigenvalue weighted by Gasteiger charge is -2.27. The minimum Gasteiger partial charge on any atom is -0.416 e. The topological polar surface area (TPSA) is 131 Å². The minimum absolute atomic E-state index is 0.0214. The summed E-state index contributed by atoms with van der Waals surface area (Å²) in [4.78, 5) is 12.7. The number of carbonyl (C=O) groups is 1. The number of amides is 1. The highest BCUT2D eigenvalue weighted by molar-refractivity contribution is 7.99. The summed E-state index contributed by atoms with van der Waals surface area (Å²) >= 11 is 1.10. The number of hydrogen-bond acceptors (Lipinski definition) is 8. The van der Waals surface area contributed by atoms with Crippen LogP contribution >= 0.6 is 11.8 Å². The van der Waals surface area contributed by atoms with E-state index in [-0.39, 0.29) is 40.3 Å². The van der Waals surface area contributed by atoms with Crippen LogP contribution in [0.5, 0.6) is 0 Å². The van der Waals surface area contributed by atoms with E-state index in [9.17, 15) is 18.5 Å². The maximum atomic E-state index is 12.7. The zero-order valence-corrected chi connectivity index (χ0v) is 19.9. The normalized spacial score (nSPS) is 20.8. The van der Waals surface area contributed by atoms with Gasteiger partial charge in [-0.25, -0.2) is 8.42 Å². The van der Waals surface area contributed by atoms with Crippen molar-refractivity contribution in [3.05, 3.63) is 22.7 Å². The van der Waals surface area contributed by atoms with Crippen molar-refractivity contribution >= 4 is 33.3 Å². The Hall–Kier alpha value is -2.32. The van der Waals surface area contributed by atoms with Crippen molar-refractivity contribution in [3.8, 4) is 6.07 Å². The Morgan fingerprint density at radius 1 is 1.25 bits per heavy atom. The molecule has 3 heterocycles. The summed E-state index contributed by atoms with van der Waals surface area (Å²) < 4.78 is 31.0. The van der Waals surface area contributed by atoms with Gasteiger partial charge in [0.2, 0.25) is 11.8 Å². The first kappa shape index (κ1) is 22.9. The van der Waals surface area contributed by atoms with Crippen molar-refractivity contribution in [2.75, 3.05) is 22.6 Å². The highest BCUT2D eigenvalue weighted by Gasteiger charge is 2.33. The van der Waals surface area contributed by atoms with E-state index >= 15 is 0 Å². The molecule has 32 heavy (non-hydrogen) atoms. The van der Waals surface area contributed by atoms with Crippen molar-refractivity contribution in [1.29, 1.82) is 5.26 Å². The second-order valence-corrected chi connectivity index (χ2v) is 11.7. The third kappa shape index (κ3) is 4.71. The van der Waals surface area contributed by atoms with E-state index in [1.165, 1.54) is 6.42 Å². The van der Waals surface area contributed by atoms with Crippen LogP contribution in [0, 0.1) is 25.2 Å². The van der Waals surface area contributed by atoms with E-state index < -0.39 is 9.84 Å². The van der Waals surface area contributed by atoms with Crippen molar-refractivity contribution in [3.63, 3.8) is 0 Å². The van der Waals surface area contributed by atoms with Gasteiger partial charge in [-0.2, -0.15) is 5.26 Å². The molecule has 2 aromatic rings.